The monoisotopic (exact) mass is 239 g/mol. The molecule has 3 nitrogen and oxygen atoms in total. The average molecular weight is 239 g/mol. The molecule has 1 N–H and O–H groups in total. The van der Waals surface area contributed by atoms with Gasteiger partial charge in [0.05, 0.1) is 6.42 Å². The molecule has 0 bridgehead atoms. The molecule has 17 heavy (non-hydrogen) atoms. The molecule has 0 aromatic carbocycles. The highest BCUT2D eigenvalue weighted by atomic mass is 16.4. The summed E-state index contributed by atoms with van der Waals surface area (Å²) in [5, 5.41) is 8.97. The van der Waals surface area contributed by atoms with E-state index in [4.69, 9.17) is 5.11 Å². The molecule has 0 aromatic rings. The van der Waals surface area contributed by atoms with Crippen LogP contribution in [0.5, 0.6) is 0 Å². The van der Waals surface area contributed by atoms with Gasteiger partial charge in [0.15, 0.2) is 0 Å². The van der Waals surface area contributed by atoms with Crippen molar-refractivity contribution < 1.29 is 9.90 Å². The number of carboxylic acids is 1. The van der Waals surface area contributed by atoms with Gasteiger partial charge in [0.2, 0.25) is 0 Å². The minimum Gasteiger partial charge on any atom is -0.481 e. The molecule has 2 aliphatic rings. The van der Waals surface area contributed by atoms with E-state index in [1.165, 1.54) is 25.7 Å². The third-order valence-electron chi connectivity index (χ3n) is 4.65. The lowest BCUT2D eigenvalue weighted by Gasteiger charge is -2.41. The van der Waals surface area contributed by atoms with Gasteiger partial charge in [-0.05, 0) is 50.5 Å². The van der Waals surface area contributed by atoms with Gasteiger partial charge in [-0.3, -0.25) is 9.69 Å². The molecule has 1 aliphatic carbocycles. The van der Waals surface area contributed by atoms with Crippen LogP contribution in [-0.2, 0) is 4.79 Å². The van der Waals surface area contributed by atoms with E-state index in [9.17, 15) is 4.79 Å². The molecule has 0 spiro atoms. The molecule has 4 unspecified atom stereocenters. The molecule has 98 valence electrons. The predicted octanol–water partition coefficient (Wildman–Crippen LogP) is 2.75. The van der Waals surface area contributed by atoms with E-state index < -0.39 is 5.97 Å². The van der Waals surface area contributed by atoms with Crippen molar-refractivity contribution in [3.8, 4) is 0 Å². The lowest BCUT2D eigenvalue weighted by Crippen LogP contribution is -2.45. The maximum Gasteiger partial charge on any atom is 0.304 e. The van der Waals surface area contributed by atoms with Crippen molar-refractivity contribution in [1.29, 1.82) is 0 Å². The van der Waals surface area contributed by atoms with Crippen molar-refractivity contribution in [2.75, 3.05) is 6.54 Å². The van der Waals surface area contributed by atoms with Crippen LogP contribution in [0.2, 0.25) is 0 Å². The van der Waals surface area contributed by atoms with Gasteiger partial charge in [-0.15, -0.1) is 0 Å². The predicted molar refractivity (Wildman–Crippen MR) is 67.9 cm³/mol. The molecule has 2 rings (SSSR count). The van der Waals surface area contributed by atoms with Crippen LogP contribution in [0, 0.1) is 11.8 Å². The number of likely N-dealkylation sites (tertiary alicyclic amines) is 1. The summed E-state index contributed by atoms with van der Waals surface area (Å²) >= 11 is 0. The Kier molecular flexibility index (Phi) is 4.08. The van der Waals surface area contributed by atoms with E-state index >= 15 is 0 Å². The molecule has 4 atom stereocenters. The van der Waals surface area contributed by atoms with E-state index in [1.54, 1.807) is 0 Å². The van der Waals surface area contributed by atoms with E-state index in [2.05, 4.69) is 18.7 Å². The van der Waals surface area contributed by atoms with Crippen molar-refractivity contribution in [1.82, 2.24) is 4.90 Å². The quantitative estimate of drug-likeness (QED) is 0.823. The summed E-state index contributed by atoms with van der Waals surface area (Å²) in [6.45, 7) is 5.79. The molecule has 3 heteroatoms. The Morgan fingerprint density at radius 1 is 1.29 bits per heavy atom. The maximum atomic E-state index is 10.9. The molecular formula is C14H25NO2. The molecule has 1 heterocycles. The second-order valence-electron chi connectivity index (χ2n) is 6.09. The lowest BCUT2D eigenvalue weighted by molar-refractivity contribution is -0.138. The number of carboxylic acid groups (broad SMARTS) is 1. The van der Waals surface area contributed by atoms with E-state index in [1.807, 2.05) is 0 Å². The minimum absolute atomic E-state index is 0.299. The largest absolute Gasteiger partial charge is 0.481 e. The summed E-state index contributed by atoms with van der Waals surface area (Å²) in [6.07, 6.45) is 6.46. The van der Waals surface area contributed by atoms with Gasteiger partial charge in [-0.25, -0.2) is 0 Å². The fourth-order valence-electron chi connectivity index (χ4n) is 3.86. The standard InChI is InChI=1S/C14H25NO2/c1-10-5-6-13(11(2)8-10)15-7-3-4-12(15)9-14(16)17/h10-13H,3-9H2,1-2H3,(H,16,17). The molecule has 0 aromatic heterocycles. The first-order valence-corrected chi connectivity index (χ1v) is 7.05. The summed E-state index contributed by atoms with van der Waals surface area (Å²) in [5.41, 5.74) is 0. The van der Waals surface area contributed by atoms with Crippen LogP contribution in [0.3, 0.4) is 0 Å². The van der Waals surface area contributed by atoms with Crippen molar-refractivity contribution in [2.24, 2.45) is 11.8 Å². The summed E-state index contributed by atoms with van der Waals surface area (Å²) in [5.74, 6) is 0.939. The second kappa shape index (κ2) is 5.38. The highest BCUT2D eigenvalue weighted by Crippen LogP contribution is 2.36. The zero-order chi connectivity index (χ0) is 12.4. The van der Waals surface area contributed by atoms with Gasteiger partial charge in [0.25, 0.3) is 0 Å². The van der Waals surface area contributed by atoms with Gasteiger partial charge in [0, 0.05) is 12.1 Å². The Balaban J connectivity index is 1.98. The molecular weight excluding hydrogens is 214 g/mol. The van der Waals surface area contributed by atoms with Crippen LogP contribution in [0.25, 0.3) is 0 Å². The third kappa shape index (κ3) is 3.01. The van der Waals surface area contributed by atoms with Gasteiger partial charge < -0.3 is 5.11 Å². The van der Waals surface area contributed by atoms with Crippen molar-refractivity contribution in [2.45, 2.75) is 64.5 Å². The first kappa shape index (κ1) is 12.9. The Bertz CT molecular complexity index is 279. The average Bonchev–Trinajstić information content (AvgIpc) is 2.65. The molecule has 1 saturated carbocycles. The fraction of sp³-hybridized carbons (Fsp3) is 0.929. The molecule has 0 amide bonds. The normalized spacial score (nSPS) is 39.4. The zero-order valence-corrected chi connectivity index (χ0v) is 11.1. The first-order chi connectivity index (χ1) is 8.08. The Hall–Kier alpha value is -0.570. The van der Waals surface area contributed by atoms with Crippen LogP contribution in [0.4, 0.5) is 0 Å². The summed E-state index contributed by atoms with van der Waals surface area (Å²) in [4.78, 5) is 13.4. The summed E-state index contributed by atoms with van der Waals surface area (Å²) in [6, 6.07) is 0.936. The van der Waals surface area contributed by atoms with Gasteiger partial charge in [-0.2, -0.15) is 0 Å². The van der Waals surface area contributed by atoms with Gasteiger partial charge in [0.1, 0.15) is 0 Å². The van der Waals surface area contributed by atoms with Crippen LogP contribution in [-0.4, -0.2) is 34.6 Å². The highest BCUT2D eigenvalue weighted by Gasteiger charge is 2.36. The smallest absolute Gasteiger partial charge is 0.304 e. The number of carbonyl (C=O) groups is 1. The number of hydrogen-bond donors (Lipinski definition) is 1. The number of hydrogen-bond acceptors (Lipinski definition) is 2. The Labute approximate surface area is 104 Å². The van der Waals surface area contributed by atoms with Crippen molar-refractivity contribution >= 4 is 5.97 Å². The van der Waals surface area contributed by atoms with Gasteiger partial charge in [-0.1, -0.05) is 13.8 Å². The van der Waals surface area contributed by atoms with Crippen LogP contribution in [0.1, 0.15) is 52.4 Å². The lowest BCUT2D eigenvalue weighted by atomic mass is 9.79. The van der Waals surface area contributed by atoms with Crippen molar-refractivity contribution in [3.05, 3.63) is 0 Å². The maximum absolute atomic E-state index is 10.9. The number of rotatable bonds is 3. The number of aliphatic carboxylic acids is 1. The van der Waals surface area contributed by atoms with Crippen LogP contribution in [0.15, 0.2) is 0 Å². The second-order valence-corrected chi connectivity index (χ2v) is 6.09. The van der Waals surface area contributed by atoms with E-state index in [0.717, 1.165) is 24.8 Å². The molecule has 1 saturated heterocycles. The Morgan fingerprint density at radius 2 is 2.06 bits per heavy atom. The molecule has 0 radical (unpaired) electrons. The summed E-state index contributed by atoms with van der Waals surface area (Å²) in [7, 11) is 0. The first-order valence-electron chi connectivity index (χ1n) is 7.05. The van der Waals surface area contributed by atoms with Gasteiger partial charge >= 0.3 is 5.97 Å². The molecule has 2 fully saturated rings. The SMILES string of the molecule is CC1CCC(N2CCCC2CC(=O)O)C(C)C1. The van der Waals surface area contributed by atoms with Crippen LogP contribution >= 0.6 is 0 Å². The Morgan fingerprint density at radius 3 is 2.71 bits per heavy atom. The zero-order valence-electron chi connectivity index (χ0n) is 11.1. The van der Waals surface area contributed by atoms with Crippen LogP contribution < -0.4 is 0 Å². The molecule has 1 aliphatic heterocycles. The minimum atomic E-state index is -0.640. The van der Waals surface area contributed by atoms with Crippen molar-refractivity contribution in [3.63, 3.8) is 0 Å². The fourth-order valence-corrected chi connectivity index (χ4v) is 3.86. The van der Waals surface area contributed by atoms with E-state index in [-0.39, 0.29) is 0 Å². The topological polar surface area (TPSA) is 40.5 Å². The summed E-state index contributed by atoms with van der Waals surface area (Å²) < 4.78 is 0. The van der Waals surface area contributed by atoms with E-state index in [0.29, 0.717) is 18.5 Å². The number of nitrogens with zero attached hydrogens (tertiary/aromatic N) is 1. The third-order valence-corrected chi connectivity index (χ3v) is 4.65. The highest BCUT2D eigenvalue weighted by molar-refractivity contribution is 5.67.